The summed E-state index contributed by atoms with van der Waals surface area (Å²) in [5.41, 5.74) is 0.941. The van der Waals surface area contributed by atoms with Crippen molar-refractivity contribution in [2.24, 2.45) is 0 Å². The predicted molar refractivity (Wildman–Crippen MR) is 62.5 cm³/mol. The number of nitrogens with one attached hydrogen (secondary N) is 1. The van der Waals surface area contributed by atoms with E-state index in [1.165, 1.54) is 26.5 Å². The van der Waals surface area contributed by atoms with Crippen molar-refractivity contribution < 1.29 is 14.3 Å². The number of nitrogens with zero attached hydrogens (tertiary/aromatic N) is 1. The number of esters is 1. The third kappa shape index (κ3) is 3.24. The second-order valence-corrected chi connectivity index (χ2v) is 3.00. The summed E-state index contributed by atoms with van der Waals surface area (Å²) in [6, 6.07) is 7.11. The molecule has 1 aromatic carbocycles. The van der Waals surface area contributed by atoms with Crippen LogP contribution in [0.1, 0.15) is 5.56 Å². The second kappa shape index (κ2) is 6.18. The zero-order chi connectivity index (χ0) is 12.7. The third-order valence-corrected chi connectivity index (χ3v) is 2.01. The molecule has 88 valence electrons. The van der Waals surface area contributed by atoms with Crippen LogP contribution in [0.15, 0.2) is 30.5 Å². The first-order chi connectivity index (χ1) is 8.22. The smallest absolute Gasteiger partial charge is 0.331 e. The summed E-state index contributed by atoms with van der Waals surface area (Å²) in [5.74, 6) is 0.0458. The minimum atomic E-state index is -0.481. The number of para-hydroxylation sites is 1. The zero-order valence-corrected chi connectivity index (χ0v) is 9.56. The maximum atomic E-state index is 10.9. The molecule has 0 amide bonds. The number of nitriles is 1. The van der Waals surface area contributed by atoms with Gasteiger partial charge in [0, 0.05) is 12.3 Å². The molecule has 5 heteroatoms. The van der Waals surface area contributed by atoms with Crippen LogP contribution in [0.3, 0.4) is 0 Å². The van der Waals surface area contributed by atoms with Crippen molar-refractivity contribution in [2.75, 3.05) is 19.5 Å². The van der Waals surface area contributed by atoms with Crippen LogP contribution in [-0.2, 0) is 9.53 Å². The van der Waals surface area contributed by atoms with Gasteiger partial charge in [0.2, 0.25) is 0 Å². The topological polar surface area (TPSA) is 71.3 Å². The Morgan fingerprint density at radius 2 is 2.24 bits per heavy atom. The zero-order valence-electron chi connectivity index (χ0n) is 9.56. The molecule has 0 atom stereocenters. The standard InChI is InChI=1S/C12H12N2O3/c1-16-10-5-3-4-9(8-13)12(10)14-7-6-11(15)17-2/h3-7,14H,1-2H3/b7-6+. The molecule has 0 aliphatic carbocycles. The quantitative estimate of drug-likeness (QED) is 0.631. The fourth-order valence-corrected chi connectivity index (χ4v) is 1.20. The van der Waals surface area contributed by atoms with Crippen LogP contribution in [0.2, 0.25) is 0 Å². The minimum absolute atomic E-state index is 0.430. The summed E-state index contributed by atoms with van der Waals surface area (Å²) in [6.07, 6.45) is 2.61. The van der Waals surface area contributed by atoms with Crippen molar-refractivity contribution in [1.82, 2.24) is 0 Å². The summed E-state index contributed by atoms with van der Waals surface area (Å²) in [4.78, 5) is 10.9. The molecule has 0 aromatic heterocycles. The van der Waals surface area contributed by atoms with Crippen LogP contribution in [0.25, 0.3) is 0 Å². The highest BCUT2D eigenvalue weighted by molar-refractivity contribution is 5.82. The Kier molecular flexibility index (Phi) is 4.58. The predicted octanol–water partition coefficient (Wildman–Crippen LogP) is 1.67. The van der Waals surface area contributed by atoms with Crippen LogP contribution < -0.4 is 10.1 Å². The first-order valence-corrected chi connectivity index (χ1v) is 4.81. The monoisotopic (exact) mass is 232 g/mol. The molecular weight excluding hydrogens is 220 g/mol. The number of hydrogen-bond donors (Lipinski definition) is 1. The van der Waals surface area contributed by atoms with E-state index >= 15 is 0 Å². The summed E-state index contributed by atoms with van der Waals surface area (Å²) < 4.78 is 9.55. The molecule has 0 bridgehead atoms. The van der Waals surface area contributed by atoms with Crippen LogP contribution in [-0.4, -0.2) is 20.2 Å². The average Bonchev–Trinajstić information content (AvgIpc) is 2.38. The molecule has 0 heterocycles. The molecule has 0 radical (unpaired) electrons. The molecule has 17 heavy (non-hydrogen) atoms. The summed E-state index contributed by atoms with van der Waals surface area (Å²) >= 11 is 0. The van der Waals surface area contributed by atoms with Gasteiger partial charge in [-0.1, -0.05) is 6.07 Å². The number of anilines is 1. The molecular formula is C12H12N2O3. The lowest BCUT2D eigenvalue weighted by Gasteiger charge is -2.09. The van der Waals surface area contributed by atoms with Crippen LogP contribution in [0.5, 0.6) is 5.75 Å². The average molecular weight is 232 g/mol. The van der Waals surface area contributed by atoms with E-state index in [-0.39, 0.29) is 0 Å². The molecule has 5 nitrogen and oxygen atoms in total. The number of carbonyl (C=O) groups excluding carboxylic acids is 1. The number of hydrogen-bond acceptors (Lipinski definition) is 5. The van der Waals surface area contributed by atoms with E-state index in [1.807, 2.05) is 6.07 Å². The van der Waals surface area contributed by atoms with E-state index in [1.54, 1.807) is 18.2 Å². The highest BCUT2D eigenvalue weighted by Crippen LogP contribution is 2.27. The molecule has 0 spiro atoms. The summed E-state index contributed by atoms with van der Waals surface area (Å²) in [6.45, 7) is 0. The van der Waals surface area contributed by atoms with Gasteiger partial charge in [-0.2, -0.15) is 5.26 Å². The van der Waals surface area contributed by atoms with Gasteiger partial charge in [0.15, 0.2) is 0 Å². The maximum absolute atomic E-state index is 10.9. The molecule has 1 N–H and O–H groups in total. The lowest BCUT2D eigenvalue weighted by molar-refractivity contribution is -0.134. The summed E-state index contributed by atoms with van der Waals surface area (Å²) in [5, 5.41) is 11.8. The highest BCUT2D eigenvalue weighted by Gasteiger charge is 2.06. The molecule has 0 saturated heterocycles. The molecule has 0 unspecified atom stereocenters. The van der Waals surface area contributed by atoms with E-state index in [0.29, 0.717) is 17.0 Å². The van der Waals surface area contributed by atoms with Crippen molar-refractivity contribution >= 4 is 11.7 Å². The van der Waals surface area contributed by atoms with Gasteiger partial charge >= 0.3 is 5.97 Å². The Hall–Kier alpha value is -2.48. The number of ether oxygens (including phenoxy) is 2. The minimum Gasteiger partial charge on any atom is -0.495 e. The van der Waals surface area contributed by atoms with Crippen molar-refractivity contribution in [3.8, 4) is 11.8 Å². The van der Waals surface area contributed by atoms with Crippen molar-refractivity contribution in [2.45, 2.75) is 0 Å². The van der Waals surface area contributed by atoms with E-state index in [2.05, 4.69) is 10.1 Å². The van der Waals surface area contributed by atoms with Gasteiger partial charge in [-0.3, -0.25) is 0 Å². The van der Waals surface area contributed by atoms with Crippen molar-refractivity contribution in [1.29, 1.82) is 5.26 Å². The van der Waals surface area contributed by atoms with Gasteiger partial charge in [-0.05, 0) is 12.1 Å². The Balaban J connectivity index is 2.93. The fraction of sp³-hybridized carbons (Fsp3) is 0.167. The van der Waals surface area contributed by atoms with E-state index in [4.69, 9.17) is 10.00 Å². The van der Waals surface area contributed by atoms with E-state index in [9.17, 15) is 4.79 Å². The molecule has 1 rings (SSSR count). The molecule has 0 saturated carbocycles. The molecule has 0 aliphatic heterocycles. The van der Waals surface area contributed by atoms with Gasteiger partial charge in [0.05, 0.1) is 25.5 Å². The van der Waals surface area contributed by atoms with Gasteiger partial charge in [0.25, 0.3) is 0 Å². The van der Waals surface area contributed by atoms with E-state index < -0.39 is 5.97 Å². The number of benzene rings is 1. The maximum Gasteiger partial charge on any atom is 0.331 e. The van der Waals surface area contributed by atoms with Crippen LogP contribution in [0, 0.1) is 11.3 Å². The highest BCUT2D eigenvalue weighted by atomic mass is 16.5. The Labute approximate surface area is 99.3 Å². The second-order valence-electron chi connectivity index (χ2n) is 3.00. The van der Waals surface area contributed by atoms with Gasteiger partial charge in [-0.15, -0.1) is 0 Å². The normalized spacial score (nSPS) is 9.71. The number of methoxy groups -OCH3 is 2. The number of carbonyl (C=O) groups is 1. The van der Waals surface area contributed by atoms with E-state index in [0.717, 1.165) is 0 Å². The lowest BCUT2D eigenvalue weighted by atomic mass is 10.2. The largest absolute Gasteiger partial charge is 0.495 e. The van der Waals surface area contributed by atoms with Crippen LogP contribution in [0.4, 0.5) is 5.69 Å². The first kappa shape index (κ1) is 12.6. The van der Waals surface area contributed by atoms with Gasteiger partial charge < -0.3 is 14.8 Å². The first-order valence-electron chi connectivity index (χ1n) is 4.81. The van der Waals surface area contributed by atoms with Crippen molar-refractivity contribution in [3.05, 3.63) is 36.0 Å². The Morgan fingerprint density at radius 3 is 2.82 bits per heavy atom. The molecule has 0 aliphatic rings. The Bertz CT molecular complexity index is 475. The molecule has 0 fully saturated rings. The van der Waals surface area contributed by atoms with Crippen molar-refractivity contribution in [3.63, 3.8) is 0 Å². The lowest BCUT2D eigenvalue weighted by Crippen LogP contribution is -1.99. The summed E-state index contributed by atoms with van der Waals surface area (Å²) in [7, 11) is 2.79. The molecule has 1 aromatic rings. The number of rotatable bonds is 4. The Morgan fingerprint density at radius 1 is 1.47 bits per heavy atom. The van der Waals surface area contributed by atoms with Gasteiger partial charge in [0.1, 0.15) is 11.8 Å². The SMILES string of the molecule is COC(=O)/C=C/Nc1c(C#N)cccc1OC. The third-order valence-electron chi connectivity index (χ3n) is 2.01. The van der Waals surface area contributed by atoms with Crippen LogP contribution >= 0.6 is 0 Å². The fourth-order valence-electron chi connectivity index (χ4n) is 1.20. The van der Waals surface area contributed by atoms with Gasteiger partial charge in [-0.25, -0.2) is 4.79 Å².